The number of carbonyl (C=O) groups is 1. The van der Waals surface area contributed by atoms with Crippen molar-refractivity contribution >= 4 is 27.7 Å². The third-order valence-corrected chi connectivity index (χ3v) is 6.42. The molecule has 1 unspecified atom stereocenters. The lowest BCUT2D eigenvalue weighted by atomic mass is 10.0. The highest BCUT2D eigenvalue weighted by Crippen LogP contribution is 2.38. The smallest absolute Gasteiger partial charge is 0.333 e. The number of ketones is 1. The van der Waals surface area contributed by atoms with Crippen molar-refractivity contribution in [1.29, 1.82) is 5.26 Å². The number of methoxy groups -OCH3 is 1. The van der Waals surface area contributed by atoms with Crippen LogP contribution in [0, 0.1) is 28.8 Å². The third-order valence-electron chi connectivity index (χ3n) is 6.42. The Labute approximate surface area is 224 Å². The Balaban J connectivity index is 1.80. The fraction of sp³-hybridized carbons (Fsp3) is 0.103. The number of fused-ring (bicyclic) bond motifs is 3. The minimum Gasteiger partial charge on any atom is -0.493 e. The largest absolute Gasteiger partial charge is 0.493 e. The van der Waals surface area contributed by atoms with Crippen LogP contribution in [0.4, 0.5) is 13.2 Å². The van der Waals surface area contributed by atoms with Crippen LogP contribution in [0.3, 0.4) is 0 Å². The predicted octanol–water partition coefficient (Wildman–Crippen LogP) is 5.05. The zero-order valence-corrected chi connectivity index (χ0v) is 21.1. The van der Waals surface area contributed by atoms with E-state index in [1.165, 1.54) is 61.3 Å². The van der Waals surface area contributed by atoms with Crippen molar-refractivity contribution < 1.29 is 27.4 Å². The van der Waals surface area contributed by atoms with E-state index in [2.05, 4.69) is 11.6 Å². The summed E-state index contributed by atoms with van der Waals surface area (Å²) in [6.45, 7) is 3.51. The second-order valence-electron chi connectivity index (χ2n) is 8.75. The number of imidazole rings is 1. The molecular formula is C29H19F3N4O4. The first kappa shape index (κ1) is 26.2. The molecular weight excluding hydrogens is 525 g/mol. The van der Waals surface area contributed by atoms with Crippen LogP contribution in [-0.4, -0.2) is 27.0 Å². The maximum Gasteiger partial charge on any atom is 0.333 e. The van der Waals surface area contributed by atoms with Gasteiger partial charge in [0, 0.05) is 24.1 Å². The molecule has 2 aromatic heterocycles. The predicted molar refractivity (Wildman–Crippen MR) is 140 cm³/mol. The van der Waals surface area contributed by atoms with Crippen molar-refractivity contribution in [3.8, 4) is 23.3 Å². The zero-order chi connectivity index (χ0) is 28.7. The second kappa shape index (κ2) is 10.1. The van der Waals surface area contributed by atoms with Crippen molar-refractivity contribution in [1.82, 2.24) is 14.1 Å². The lowest BCUT2D eigenvalue weighted by Gasteiger charge is -2.19. The quantitative estimate of drug-likeness (QED) is 0.266. The minimum atomic E-state index is -1.23. The van der Waals surface area contributed by atoms with E-state index >= 15 is 8.78 Å². The molecule has 5 rings (SSSR count). The van der Waals surface area contributed by atoms with Gasteiger partial charge in [-0.2, -0.15) is 5.26 Å². The number of rotatable bonds is 7. The molecule has 0 saturated carbocycles. The molecule has 200 valence electrons. The summed E-state index contributed by atoms with van der Waals surface area (Å²) in [6.07, 6.45) is 1.20. The third kappa shape index (κ3) is 4.25. The van der Waals surface area contributed by atoms with Crippen LogP contribution in [0.25, 0.3) is 27.6 Å². The van der Waals surface area contributed by atoms with E-state index in [9.17, 15) is 14.0 Å². The first-order valence-electron chi connectivity index (χ1n) is 11.7. The van der Waals surface area contributed by atoms with Crippen LogP contribution >= 0.6 is 0 Å². The molecule has 1 atom stereocenters. The highest BCUT2D eigenvalue weighted by Gasteiger charge is 2.26. The number of pyridine rings is 1. The van der Waals surface area contributed by atoms with E-state index in [4.69, 9.17) is 14.7 Å². The summed E-state index contributed by atoms with van der Waals surface area (Å²) in [5, 5.41) is 9.33. The van der Waals surface area contributed by atoms with Crippen LogP contribution < -0.4 is 15.2 Å². The fourth-order valence-electron chi connectivity index (χ4n) is 4.47. The summed E-state index contributed by atoms with van der Waals surface area (Å²) in [4.78, 5) is 30.4. The maximum atomic E-state index is 15.1. The number of halogens is 3. The highest BCUT2D eigenvalue weighted by atomic mass is 19.1. The Kier molecular flexibility index (Phi) is 6.61. The lowest BCUT2D eigenvalue weighted by molar-refractivity contribution is -0.121. The number of carbonyl (C=O) groups excluding carboxylic acids is 1. The van der Waals surface area contributed by atoms with Crippen LogP contribution in [0.5, 0.6) is 11.5 Å². The Hall–Kier alpha value is -5.37. The fourth-order valence-corrected chi connectivity index (χ4v) is 4.47. The number of aryl methyl sites for hydroxylation is 1. The summed E-state index contributed by atoms with van der Waals surface area (Å²) < 4.78 is 57.3. The summed E-state index contributed by atoms with van der Waals surface area (Å²) in [6, 6.07) is 11.4. The number of benzene rings is 3. The molecule has 11 heteroatoms. The number of nitriles is 1. The second-order valence-corrected chi connectivity index (χ2v) is 8.75. The SMILES string of the molecule is C=CC(=O)C(Oc1cc2c(cc1OC)ncc1c2n(-c2c(F)cc(C#N)cc2F)c(=O)n1C)c1ccc(F)cc1. The van der Waals surface area contributed by atoms with Gasteiger partial charge in [-0.15, -0.1) is 0 Å². The molecule has 0 amide bonds. The van der Waals surface area contributed by atoms with Crippen molar-refractivity contribution in [2.75, 3.05) is 7.11 Å². The van der Waals surface area contributed by atoms with Gasteiger partial charge >= 0.3 is 5.69 Å². The van der Waals surface area contributed by atoms with Crippen LogP contribution in [0.1, 0.15) is 17.2 Å². The van der Waals surface area contributed by atoms with Gasteiger partial charge in [-0.1, -0.05) is 18.7 Å². The van der Waals surface area contributed by atoms with E-state index in [0.29, 0.717) is 11.1 Å². The summed E-state index contributed by atoms with van der Waals surface area (Å²) >= 11 is 0. The number of hydrogen-bond acceptors (Lipinski definition) is 6. The zero-order valence-electron chi connectivity index (χ0n) is 21.1. The Morgan fingerprint density at radius 2 is 1.77 bits per heavy atom. The highest BCUT2D eigenvalue weighted by molar-refractivity contribution is 6.04. The van der Waals surface area contributed by atoms with Gasteiger partial charge in [0.05, 0.1) is 41.5 Å². The van der Waals surface area contributed by atoms with E-state index in [0.717, 1.165) is 22.8 Å². The molecule has 40 heavy (non-hydrogen) atoms. The standard InChI is InChI=1S/C29H19F3N4O4/c1-4-23(37)28(16-5-7-17(30)8-6-16)40-25-11-18-21(12-24(25)39-3)34-14-22-26(18)36(29(38)35(22)2)27-19(31)9-15(13-33)10-20(27)32/h4-12,14,28H,1H2,2-3H3. The lowest BCUT2D eigenvalue weighted by Crippen LogP contribution is -2.22. The molecule has 0 aliphatic carbocycles. The van der Waals surface area contributed by atoms with Gasteiger partial charge in [0.15, 0.2) is 35.0 Å². The molecule has 5 aromatic rings. The maximum absolute atomic E-state index is 15.1. The Morgan fingerprint density at radius 3 is 2.38 bits per heavy atom. The molecule has 0 spiro atoms. The van der Waals surface area contributed by atoms with Gasteiger partial charge in [-0.3, -0.25) is 18.9 Å². The molecule has 0 aliphatic heterocycles. The van der Waals surface area contributed by atoms with E-state index < -0.39 is 40.7 Å². The summed E-state index contributed by atoms with van der Waals surface area (Å²) in [5.74, 6) is -3.05. The van der Waals surface area contributed by atoms with Gasteiger partial charge in [-0.25, -0.2) is 18.0 Å². The van der Waals surface area contributed by atoms with E-state index in [1.807, 2.05) is 0 Å². The number of hydrogen-bond donors (Lipinski definition) is 0. The average Bonchev–Trinajstić information content (AvgIpc) is 3.20. The molecule has 2 heterocycles. The van der Waals surface area contributed by atoms with Crippen molar-refractivity contribution in [3.63, 3.8) is 0 Å². The Morgan fingerprint density at radius 1 is 1.10 bits per heavy atom. The van der Waals surface area contributed by atoms with Crippen molar-refractivity contribution in [2.45, 2.75) is 6.10 Å². The molecule has 8 nitrogen and oxygen atoms in total. The number of nitrogens with zero attached hydrogens (tertiary/aromatic N) is 4. The van der Waals surface area contributed by atoms with Gasteiger partial charge < -0.3 is 9.47 Å². The summed E-state index contributed by atoms with van der Waals surface area (Å²) in [5.41, 5.74) is -0.725. The van der Waals surface area contributed by atoms with E-state index in [-0.39, 0.29) is 33.5 Å². The van der Waals surface area contributed by atoms with Crippen LogP contribution in [0.15, 0.2) is 72.2 Å². The normalized spacial score (nSPS) is 11.8. The minimum absolute atomic E-state index is 0.0393. The Bertz CT molecular complexity index is 1920. The number of ether oxygens (including phenoxy) is 2. The van der Waals surface area contributed by atoms with Gasteiger partial charge in [0.2, 0.25) is 0 Å². The van der Waals surface area contributed by atoms with Gasteiger partial charge in [-0.05, 0) is 36.4 Å². The molecule has 0 bridgehead atoms. The van der Waals surface area contributed by atoms with Gasteiger partial charge in [0.25, 0.3) is 0 Å². The molecule has 3 aromatic carbocycles. The molecule has 0 aliphatic rings. The van der Waals surface area contributed by atoms with E-state index in [1.54, 1.807) is 6.07 Å². The van der Waals surface area contributed by atoms with Gasteiger partial charge in [0.1, 0.15) is 11.5 Å². The topological polar surface area (TPSA) is 99.1 Å². The summed E-state index contributed by atoms with van der Waals surface area (Å²) in [7, 11) is 2.79. The monoisotopic (exact) mass is 544 g/mol. The van der Waals surface area contributed by atoms with Crippen LogP contribution in [-0.2, 0) is 11.8 Å². The molecule has 0 N–H and O–H groups in total. The van der Waals surface area contributed by atoms with Crippen LogP contribution in [0.2, 0.25) is 0 Å². The molecule has 0 radical (unpaired) electrons. The average molecular weight is 544 g/mol. The number of aromatic nitrogens is 3. The first-order chi connectivity index (χ1) is 19.2. The van der Waals surface area contributed by atoms with Crippen molar-refractivity contribution in [2.24, 2.45) is 7.05 Å². The van der Waals surface area contributed by atoms with Crippen molar-refractivity contribution in [3.05, 3.63) is 106 Å². The molecule has 0 saturated heterocycles. The molecule has 0 fully saturated rings. The first-order valence-corrected chi connectivity index (χ1v) is 11.7.